The van der Waals surface area contributed by atoms with E-state index in [2.05, 4.69) is 4.72 Å². The van der Waals surface area contributed by atoms with E-state index in [1.165, 1.54) is 0 Å². The van der Waals surface area contributed by atoms with Gasteiger partial charge in [0, 0.05) is 19.0 Å². The molecule has 0 aromatic rings. The van der Waals surface area contributed by atoms with E-state index < -0.39 is 28.3 Å². The number of carboxylic acids is 1. The highest BCUT2D eigenvalue weighted by Gasteiger charge is 2.44. The highest BCUT2D eigenvalue weighted by molar-refractivity contribution is 7.87. The van der Waals surface area contributed by atoms with Gasteiger partial charge in [-0.15, -0.1) is 0 Å². The van der Waals surface area contributed by atoms with E-state index >= 15 is 0 Å². The summed E-state index contributed by atoms with van der Waals surface area (Å²) in [4.78, 5) is 10.9. The van der Waals surface area contributed by atoms with Gasteiger partial charge in [0.25, 0.3) is 10.2 Å². The molecular formula is C8H14N2O5S. The second kappa shape index (κ2) is 3.95. The van der Waals surface area contributed by atoms with Gasteiger partial charge in [-0.25, -0.2) is 0 Å². The van der Waals surface area contributed by atoms with Crippen molar-refractivity contribution in [3.8, 4) is 0 Å². The van der Waals surface area contributed by atoms with Crippen LogP contribution in [-0.2, 0) is 15.0 Å². The molecule has 3 N–H and O–H groups in total. The van der Waals surface area contributed by atoms with Crippen molar-refractivity contribution in [2.24, 2.45) is 0 Å². The van der Waals surface area contributed by atoms with Crippen molar-refractivity contribution in [1.29, 1.82) is 0 Å². The molecule has 1 aliphatic carbocycles. The van der Waals surface area contributed by atoms with Crippen LogP contribution in [0.1, 0.15) is 19.3 Å². The molecule has 16 heavy (non-hydrogen) atoms. The van der Waals surface area contributed by atoms with Crippen LogP contribution in [0, 0.1) is 0 Å². The van der Waals surface area contributed by atoms with Gasteiger partial charge in [0.2, 0.25) is 0 Å². The van der Waals surface area contributed by atoms with Gasteiger partial charge in [0.15, 0.2) is 0 Å². The largest absolute Gasteiger partial charge is 0.480 e. The van der Waals surface area contributed by atoms with Gasteiger partial charge in [-0.2, -0.15) is 17.4 Å². The Morgan fingerprint density at radius 1 is 1.38 bits per heavy atom. The number of rotatable bonds is 4. The van der Waals surface area contributed by atoms with Crippen LogP contribution in [0.25, 0.3) is 0 Å². The van der Waals surface area contributed by atoms with Gasteiger partial charge in [-0.3, -0.25) is 4.79 Å². The average Bonchev–Trinajstić information content (AvgIpc) is 2.84. The van der Waals surface area contributed by atoms with Crippen molar-refractivity contribution in [2.75, 3.05) is 6.54 Å². The normalized spacial score (nSPS) is 31.8. The number of nitrogens with one attached hydrogen (secondary N) is 1. The van der Waals surface area contributed by atoms with E-state index in [0.717, 1.165) is 17.1 Å². The highest BCUT2D eigenvalue weighted by atomic mass is 32.2. The Bertz CT molecular complexity index is 391. The maximum atomic E-state index is 11.8. The molecule has 0 aromatic heterocycles. The van der Waals surface area contributed by atoms with E-state index in [1.807, 2.05) is 0 Å². The molecule has 2 fully saturated rings. The first-order valence-corrected chi connectivity index (χ1v) is 6.54. The number of β-amino-alcohol motifs (C(OH)–C–C–N with tert-alkyl or cyclic N) is 1. The zero-order valence-electron chi connectivity index (χ0n) is 8.54. The summed E-state index contributed by atoms with van der Waals surface area (Å²) >= 11 is 0. The van der Waals surface area contributed by atoms with Gasteiger partial charge < -0.3 is 10.2 Å². The predicted octanol–water partition coefficient (Wildman–Crippen LogP) is -1.50. The van der Waals surface area contributed by atoms with Crippen LogP contribution >= 0.6 is 0 Å². The van der Waals surface area contributed by atoms with E-state index in [9.17, 15) is 18.3 Å². The van der Waals surface area contributed by atoms with Gasteiger partial charge in [-0.05, 0) is 12.8 Å². The lowest BCUT2D eigenvalue weighted by atomic mass is 10.2. The fourth-order valence-corrected chi connectivity index (χ4v) is 3.43. The molecule has 1 aliphatic heterocycles. The summed E-state index contributed by atoms with van der Waals surface area (Å²) in [6.45, 7) is -0.154. The van der Waals surface area contributed by atoms with Gasteiger partial charge in [0.05, 0.1) is 6.10 Å². The number of carboxylic acid groups (broad SMARTS) is 1. The van der Waals surface area contributed by atoms with E-state index in [-0.39, 0.29) is 19.0 Å². The molecule has 0 bridgehead atoms. The minimum atomic E-state index is -3.78. The molecule has 92 valence electrons. The molecule has 0 radical (unpaired) electrons. The van der Waals surface area contributed by atoms with Crippen LogP contribution < -0.4 is 4.72 Å². The molecule has 8 heteroatoms. The van der Waals surface area contributed by atoms with Crippen LogP contribution in [0.2, 0.25) is 0 Å². The minimum Gasteiger partial charge on any atom is -0.480 e. The van der Waals surface area contributed by atoms with Crippen molar-refractivity contribution in [3.63, 3.8) is 0 Å². The monoisotopic (exact) mass is 250 g/mol. The van der Waals surface area contributed by atoms with Gasteiger partial charge >= 0.3 is 5.97 Å². The summed E-state index contributed by atoms with van der Waals surface area (Å²) < 4.78 is 26.8. The third kappa shape index (κ3) is 2.34. The molecule has 2 aliphatic rings. The lowest BCUT2D eigenvalue weighted by molar-refractivity contribution is -0.140. The lowest BCUT2D eigenvalue weighted by Gasteiger charge is -2.20. The summed E-state index contributed by atoms with van der Waals surface area (Å²) in [5.74, 6) is -1.22. The number of aliphatic carboxylic acids is 1. The Morgan fingerprint density at radius 2 is 2.00 bits per heavy atom. The van der Waals surface area contributed by atoms with Gasteiger partial charge in [0.1, 0.15) is 6.04 Å². The van der Waals surface area contributed by atoms with E-state index in [1.54, 1.807) is 0 Å². The number of aliphatic hydroxyl groups is 1. The Balaban J connectivity index is 2.14. The van der Waals surface area contributed by atoms with Crippen LogP contribution in [0.5, 0.6) is 0 Å². The Morgan fingerprint density at radius 3 is 2.50 bits per heavy atom. The first kappa shape index (κ1) is 11.8. The summed E-state index contributed by atoms with van der Waals surface area (Å²) in [5, 5.41) is 18.2. The lowest BCUT2D eigenvalue weighted by Crippen LogP contribution is -2.47. The molecule has 0 spiro atoms. The molecule has 7 nitrogen and oxygen atoms in total. The standard InChI is InChI=1S/C8H14N2O5S/c11-6-3-7(8(12)13)10(4-6)16(14,15)9-5-1-2-5/h5-7,9,11H,1-4H2,(H,12,13)/t6-,7-/m1/s1. The highest BCUT2D eigenvalue weighted by Crippen LogP contribution is 2.25. The maximum absolute atomic E-state index is 11.8. The van der Waals surface area contributed by atoms with E-state index in [0.29, 0.717) is 0 Å². The fourth-order valence-electron chi connectivity index (χ4n) is 1.75. The third-order valence-corrected chi connectivity index (χ3v) is 4.37. The van der Waals surface area contributed by atoms with Crippen LogP contribution in [0.15, 0.2) is 0 Å². The van der Waals surface area contributed by atoms with Crippen molar-refractivity contribution < 1.29 is 23.4 Å². The summed E-state index contributed by atoms with van der Waals surface area (Å²) in [6.07, 6.45) is 0.610. The van der Waals surface area contributed by atoms with Crippen molar-refractivity contribution in [3.05, 3.63) is 0 Å². The molecule has 2 rings (SSSR count). The Labute approximate surface area is 93.2 Å². The fraction of sp³-hybridized carbons (Fsp3) is 0.875. The van der Waals surface area contributed by atoms with Crippen LogP contribution in [0.3, 0.4) is 0 Å². The first-order chi connectivity index (χ1) is 7.40. The third-order valence-electron chi connectivity index (χ3n) is 2.72. The SMILES string of the molecule is O=C(O)[C@H]1C[C@@H](O)CN1S(=O)(=O)NC1CC1. The summed E-state index contributed by atoms with van der Waals surface area (Å²) in [5.41, 5.74) is 0. The average molecular weight is 250 g/mol. The smallest absolute Gasteiger partial charge is 0.322 e. The Kier molecular flexibility index (Phi) is 2.91. The van der Waals surface area contributed by atoms with Gasteiger partial charge in [-0.1, -0.05) is 0 Å². The number of hydrogen-bond donors (Lipinski definition) is 3. The molecule has 0 unspecified atom stereocenters. The Hall–Kier alpha value is -0.700. The van der Waals surface area contributed by atoms with Crippen molar-refractivity contribution in [2.45, 2.75) is 37.5 Å². The molecular weight excluding hydrogens is 236 g/mol. The first-order valence-electron chi connectivity index (χ1n) is 5.10. The summed E-state index contributed by atoms with van der Waals surface area (Å²) in [6, 6.07) is -1.23. The topological polar surface area (TPSA) is 107 Å². The molecule has 1 saturated carbocycles. The second-order valence-electron chi connectivity index (χ2n) is 4.21. The van der Waals surface area contributed by atoms with Crippen LogP contribution in [0.4, 0.5) is 0 Å². The van der Waals surface area contributed by atoms with Crippen molar-refractivity contribution >= 4 is 16.2 Å². The van der Waals surface area contributed by atoms with E-state index in [4.69, 9.17) is 5.11 Å². The number of aliphatic hydroxyl groups excluding tert-OH is 1. The zero-order valence-corrected chi connectivity index (χ0v) is 9.35. The van der Waals surface area contributed by atoms with Crippen molar-refractivity contribution in [1.82, 2.24) is 9.03 Å². The zero-order chi connectivity index (χ0) is 11.9. The van der Waals surface area contributed by atoms with Crippen LogP contribution in [-0.4, -0.2) is 53.6 Å². The molecule has 1 saturated heterocycles. The number of hydrogen-bond acceptors (Lipinski definition) is 4. The second-order valence-corrected chi connectivity index (χ2v) is 5.87. The molecule has 0 aromatic carbocycles. The summed E-state index contributed by atoms with van der Waals surface area (Å²) in [7, 11) is -3.78. The minimum absolute atomic E-state index is 0.0547. The number of nitrogens with zero attached hydrogens (tertiary/aromatic N) is 1. The molecule has 1 heterocycles. The molecule has 2 atom stereocenters. The maximum Gasteiger partial charge on any atom is 0.322 e. The number of carbonyl (C=O) groups is 1. The quantitative estimate of drug-likeness (QED) is 0.563. The molecule has 0 amide bonds. The predicted molar refractivity (Wildman–Crippen MR) is 53.8 cm³/mol.